The molecule has 0 saturated carbocycles. The van der Waals surface area contributed by atoms with Gasteiger partial charge in [-0.2, -0.15) is 0 Å². The lowest BCUT2D eigenvalue weighted by Gasteiger charge is -1.68. The van der Waals surface area contributed by atoms with Crippen LogP contribution in [-0.2, 0) is 0 Å². The Hall–Kier alpha value is -0.920. The molecule has 0 amide bonds. The van der Waals surface area contributed by atoms with Crippen molar-refractivity contribution >= 4 is 0 Å². The van der Waals surface area contributed by atoms with Crippen LogP contribution >= 0.6 is 0 Å². The average molecular weight is 97.1 g/mol. The minimum absolute atomic E-state index is 0.0671. The van der Waals surface area contributed by atoms with Crippen LogP contribution in [0.3, 0.4) is 0 Å². The van der Waals surface area contributed by atoms with E-state index in [1.807, 2.05) is 0 Å². The zero-order chi connectivity index (χ0) is 5.28. The van der Waals surface area contributed by atoms with Crippen LogP contribution in [0.2, 0.25) is 0 Å². The van der Waals surface area contributed by atoms with Crippen molar-refractivity contribution in [2.24, 2.45) is 0 Å². The topological polar surface area (TPSA) is 33.4 Å². The first-order chi connectivity index (χ1) is 3.29. The van der Waals surface area contributed by atoms with E-state index in [-0.39, 0.29) is 5.75 Å². The molecule has 1 heterocycles. The van der Waals surface area contributed by atoms with Gasteiger partial charge >= 0.3 is 0 Å². The van der Waals surface area contributed by atoms with Gasteiger partial charge in [0.15, 0.2) is 5.75 Å². The number of rotatable bonds is 0. The van der Waals surface area contributed by atoms with Crippen LogP contribution in [0.1, 0.15) is 5.76 Å². The maximum atomic E-state index is 8.50. The molecular formula is C5H5O2. The van der Waals surface area contributed by atoms with Gasteiger partial charge < -0.3 is 9.52 Å². The van der Waals surface area contributed by atoms with Crippen molar-refractivity contribution in [1.29, 1.82) is 0 Å². The second-order valence-electron chi connectivity index (χ2n) is 1.34. The van der Waals surface area contributed by atoms with Gasteiger partial charge in [0.2, 0.25) is 6.26 Å². The van der Waals surface area contributed by atoms with Crippen LogP contribution in [0.4, 0.5) is 0 Å². The average Bonchev–Trinajstić information content (AvgIpc) is 1.87. The fourth-order valence-electron chi connectivity index (χ4n) is 0.384. The molecule has 1 rings (SSSR count). The van der Waals surface area contributed by atoms with E-state index in [2.05, 4.69) is 10.7 Å². The molecule has 2 heteroatoms. The molecule has 7 heavy (non-hydrogen) atoms. The normalized spacial score (nSPS) is 9.29. The molecule has 0 aliphatic carbocycles. The summed E-state index contributed by atoms with van der Waals surface area (Å²) in [6.07, 6.45) is 2.25. The monoisotopic (exact) mass is 97.0 g/mol. The van der Waals surface area contributed by atoms with E-state index in [0.717, 1.165) is 0 Å². The third kappa shape index (κ3) is 0.738. The van der Waals surface area contributed by atoms with Crippen LogP contribution in [0.25, 0.3) is 0 Å². The highest BCUT2D eigenvalue weighted by atomic mass is 16.4. The van der Waals surface area contributed by atoms with Gasteiger partial charge in [0.25, 0.3) is 0 Å². The first-order valence-corrected chi connectivity index (χ1v) is 1.96. The fourth-order valence-corrected chi connectivity index (χ4v) is 0.384. The van der Waals surface area contributed by atoms with Crippen molar-refractivity contribution in [1.82, 2.24) is 0 Å². The molecule has 0 fully saturated rings. The van der Waals surface area contributed by atoms with E-state index in [9.17, 15) is 0 Å². The van der Waals surface area contributed by atoms with Gasteiger partial charge in [-0.1, -0.05) is 0 Å². The highest BCUT2D eigenvalue weighted by Gasteiger charge is 1.90. The largest absolute Gasteiger partial charge is 0.504 e. The summed E-state index contributed by atoms with van der Waals surface area (Å²) in [5, 5.41) is 8.50. The Labute approximate surface area is 41.4 Å². The minimum atomic E-state index is 0.0671. The Morgan fingerprint density at radius 2 is 2.57 bits per heavy atom. The minimum Gasteiger partial charge on any atom is -0.504 e. The third-order valence-electron chi connectivity index (χ3n) is 0.657. The van der Waals surface area contributed by atoms with E-state index in [4.69, 9.17) is 5.11 Å². The predicted octanol–water partition coefficient (Wildman–Crippen LogP) is 1.09. The van der Waals surface area contributed by atoms with Crippen molar-refractivity contribution in [3.8, 4) is 5.75 Å². The zero-order valence-electron chi connectivity index (χ0n) is 3.93. The summed E-state index contributed by atoms with van der Waals surface area (Å²) in [6.45, 7) is 1.75. The molecule has 37 valence electrons. The Morgan fingerprint density at radius 3 is 2.71 bits per heavy atom. The Bertz CT molecular complexity index is 138. The number of aromatic hydroxyl groups is 1. The van der Waals surface area contributed by atoms with Crippen molar-refractivity contribution in [3.05, 3.63) is 18.1 Å². The van der Waals surface area contributed by atoms with Crippen LogP contribution < -0.4 is 0 Å². The van der Waals surface area contributed by atoms with Crippen molar-refractivity contribution < 1.29 is 9.52 Å². The fraction of sp³-hybridized carbons (Fsp3) is 0.200. The molecular weight excluding hydrogens is 92.1 g/mol. The molecule has 0 bridgehead atoms. The number of hydrogen-bond acceptors (Lipinski definition) is 2. The highest BCUT2D eigenvalue weighted by Crippen LogP contribution is 2.09. The van der Waals surface area contributed by atoms with E-state index in [1.165, 1.54) is 6.07 Å². The number of furan rings is 1. The molecule has 1 aromatic heterocycles. The molecule has 0 saturated heterocycles. The van der Waals surface area contributed by atoms with Crippen molar-refractivity contribution in [2.45, 2.75) is 6.92 Å². The molecule has 1 aromatic rings. The molecule has 0 unspecified atom stereocenters. The Balaban J connectivity index is 3.04. The van der Waals surface area contributed by atoms with Crippen LogP contribution in [-0.4, -0.2) is 5.11 Å². The Kier molecular flexibility index (Phi) is 0.785. The summed E-state index contributed by atoms with van der Waals surface area (Å²) >= 11 is 0. The molecule has 1 N–H and O–H groups in total. The predicted molar refractivity (Wildman–Crippen MR) is 23.9 cm³/mol. The summed E-state index contributed by atoms with van der Waals surface area (Å²) in [7, 11) is 0. The smallest absolute Gasteiger partial charge is 0.214 e. The molecule has 1 radical (unpaired) electrons. The SMILES string of the molecule is Cc1cc(O)[c]o1. The van der Waals surface area contributed by atoms with E-state index < -0.39 is 0 Å². The first-order valence-electron chi connectivity index (χ1n) is 1.96. The number of aryl methyl sites for hydroxylation is 1. The maximum Gasteiger partial charge on any atom is 0.214 e. The zero-order valence-corrected chi connectivity index (χ0v) is 3.93. The summed E-state index contributed by atoms with van der Waals surface area (Å²) in [4.78, 5) is 0. The van der Waals surface area contributed by atoms with Gasteiger partial charge in [-0.3, -0.25) is 0 Å². The second-order valence-corrected chi connectivity index (χ2v) is 1.34. The van der Waals surface area contributed by atoms with Gasteiger partial charge in [-0.25, -0.2) is 0 Å². The molecule has 0 aromatic carbocycles. The lowest BCUT2D eigenvalue weighted by Crippen LogP contribution is -1.50. The van der Waals surface area contributed by atoms with Gasteiger partial charge in [0.05, 0.1) is 0 Å². The molecule has 0 atom stereocenters. The first kappa shape index (κ1) is 4.24. The standard InChI is InChI=1S/C5H5O2/c1-4-2-5(6)3-7-4/h2,6H,1H3. The van der Waals surface area contributed by atoms with Crippen LogP contribution in [0.5, 0.6) is 5.75 Å². The quantitative estimate of drug-likeness (QED) is 0.525. The molecule has 2 nitrogen and oxygen atoms in total. The Morgan fingerprint density at radius 1 is 1.86 bits per heavy atom. The maximum absolute atomic E-state index is 8.50. The van der Waals surface area contributed by atoms with Gasteiger partial charge in [-0.15, -0.1) is 0 Å². The third-order valence-corrected chi connectivity index (χ3v) is 0.657. The van der Waals surface area contributed by atoms with Crippen LogP contribution in [0, 0.1) is 13.2 Å². The van der Waals surface area contributed by atoms with Gasteiger partial charge in [-0.05, 0) is 6.92 Å². The summed E-state index contributed by atoms with van der Waals surface area (Å²) in [5.41, 5.74) is 0. The van der Waals surface area contributed by atoms with Gasteiger partial charge in [0, 0.05) is 6.07 Å². The molecule has 0 aliphatic heterocycles. The van der Waals surface area contributed by atoms with Gasteiger partial charge in [0.1, 0.15) is 5.76 Å². The lowest BCUT2D eigenvalue weighted by molar-refractivity contribution is 0.450. The summed E-state index contributed by atoms with van der Waals surface area (Å²) < 4.78 is 4.59. The van der Waals surface area contributed by atoms with E-state index in [1.54, 1.807) is 6.92 Å². The van der Waals surface area contributed by atoms with Crippen LogP contribution in [0.15, 0.2) is 10.5 Å². The lowest BCUT2D eigenvalue weighted by atomic mass is 10.5. The number of hydrogen-bond donors (Lipinski definition) is 1. The van der Waals surface area contributed by atoms with E-state index in [0.29, 0.717) is 5.76 Å². The van der Waals surface area contributed by atoms with Crippen molar-refractivity contribution in [2.75, 3.05) is 0 Å². The van der Waals surface area contributed by atoms with E-state index >= 15 is 0 Å². The molecule has 0 aliphatic rings. The van der Waals surface area contributed by atoms with Crippen molar-refractivity contribution in [3.63, 3.8) is 0 Å². The molecule has 0 spiro atoms. The summed E-state index contributed by atoms with van der Waals surface area (Å²) in [5.74, 6) is 0.745. The highest BCUT2D eigenvalue weighted by molar-refractivity contribution is 5.14. The second kappa shape index (κ2) is 1.30. The summed E-state index contributed by atoms with van der Waals surface area (Å²) in [6, 6.07) is 1.50.